The number of ether oxygens (including phenoxy) is 1. The van der Waals surface area contributed by atoms with Crippen molar-refractivity contribution in [1.29, 1.82) is 0 Å². The zero-order valence-corrected chi connectivity index (χ0v) is 19.1. The van der Waals surface area contributed by atoms with Crippen LogP contribution >= 0.6 is 35.3 Å². The minimum atomic E-state index is 0. The normalized spacial score (nSPS) is 21.7. The van der Waals surface area contributed by atoms with Crippen molar-refractivity contribution in [3.05, 3.63) is 16.1 Å². The summed E-state index contributed by atoms with van der Waals surface area (Å²) in [5.41, 5.74) is 1.18. The summed E-state index contributed by atoms with van der Waals surface area (Å²) in [6.45, 7) is 12.0. The monoisotopic (exact) mass is 493 g/mol. The van der Waals surface area contributed by atoms with Crippen LogP contribution in [0.15, 0.2) is 10.4 Å². The lowest BCUT2D eigenvalue weighted by Gasteiger charge is -2.32. The first-order chi connectivity index (χ1) is 12.3. The van der Waals surface area contributed by atoms with Crippen molar-refractivity contribution in [2.75, 3.05) is 52.5 Å². The van der Waals surface area contributed by atoms with Crippen LogP contribution in [-0.4, -0.2) is 79.3 Å². The van der Waals surface area contributed by atoms with Gasteiger partial charge in [0, 0.05) is 57.1 Å². The molecule has 3 rings (SSSR count). The van der Waals surface area contributed by atoms with Crippen molar-refractivity contribution in [2.45, 2.75) is 39.2 Å². The van der Waals surface area contributed by atoms with Crippen molar-refractivity contribution in [1.82, 2.24) is 20.1 Å². The van der Waals surface area contributed by atoms with Crippen molar-refractivity contribution in [2.24, 2.45) is 4.99 Å². The van der Waals surface area contributed by atoms with Gasteiger partial charge in [-0.3, -0.25) is 9.89 Å². The zero-order valence-electron chi connectivity index (χ0n) is 15.9. The largest absolute Gasteiger partial charge is 0.379 e. The average Bonchev–Trinajstić information content (AvgIpc) is 3.31. The number of hydrogen-bond donors (Lipinski definition) is 1. The number of rotatable bonds is 6. The molecule has 8 heteroatoms. The molecule has 0 amide bonds. The van der Waals surface area contributed by atoms with E-state index in [2.05, 4.69) is 39.3 Å². The van der Waals surface area contributed by atoms with Gasteiger partial charge in [0.2, 0.25) is 0 Å². The lowest BCUT2D eigenvalue weighted by Crippen LogP contribution is -2.46. The third-order valence-electron chi connectivity index (χ3n) is 4.89. The summed E-state index contributed by atoms with van der Waals surface area (Å²) in [5, 5.41) is 6.86. The van der Waals surface area contributed by atoms with Gasteiger partial charge in [-0.2, -0.15) is 0 Å². The van der Waals surface area contributed by atoms with Gasteiger partial charge in [-0.1, -0.05) is 6.92 Å². The van der Waals surface area contributed by atoms with Crippen LogP contribution in [-0.2, 0) is 17.6 Å². The van der Waals surface area contributed by atoms with Crippen LogP contribution in [0, 0.1) is 0 Å². The van der Waals surface area contributed by atoms with E-state index < -0.39 is 0 Å². The molecule has 1 unspecified atom stereocenters. The smallest absolute Gasteiger partial charge is 0.193 e. The van der Waals surface area contributed by atoms with Gasteiger partial charge in [0.25, 0.3) is 0 Å². The van der Waals surface area contributed by atoms with Crippen molar-refractivity contribution >= 4 is 41.3 Å². The Hall–Kier alpha value is -0.450. The molecular formula is C18H32IN5OS. The second-order valence-corrected chi connectivity index (χ2v) is 7.55. The molecule has 0 aliphatic carbocycles. The van der Waals surface area contributed by atoms with E-state index in [0.29, 0.717) is 6.04 Å². The van der Waals surface area contributed by atoms with E-state index in [9.17, 15) is 0 Å². The molecule has 1 aromatic rings. The number of aryl methyl sites for hydroxylation is 1. The molecule has 1 N–H and O–H groups in total. The summed E-state index contributed by atoms with van der Waals surface area (Å²) in [7, 11) is 0. The SMILES string of the molecule is CCNC(=NCCc1csc(CC)n1)N1CCC(N2CCOCC2)C1.I. The maximum absolute atomic E-state index is 5.48. The molecule has 2 fully saturated rings. The minimum absolute atomic E-state index is 0. The Kier molecular flexibility index (Phi) is 9.58. The fourth-order valence-corrected chi connectivity index (χ4v) is 4.28. The number of nitrogens with zero attached hydrogens (tertiary/aromatic N) is 4. The van der Waals surface area contributed by atoms with Crippen LogP contribution in [0.1, 0.15) is 31.0 Å². The molecule has 3 heterocycles. The van der Waals surface area contributed by atoms with Gasteiger partial charge >= 0.3 is 0 Å². The fraction of sp³-hybridized carbons (Fsp3) is 0.778. The third-order valence-corrected chi connectivity index (χ3v) is 5.93. The Labute approximate surface area is 178 Å². The molecule has 1 atom stereocenters. The number of likely N-dealkylation sites (tertiary alicyclic amines) is 1. The van der Waals surface area contributed by atoms with Crippen molar-refractivity contribution in [3.63, 3.8) is 0 Å². The molecule has 26 heavy (non-hydrogen) atoms. The summed E-state index contributed by atoms with van der Waals surface area (Å²) in [4.78, 5) is 14.5. The van der Waals surface area contributed by atoms with E-state index in [1.165, 1.54) is 17.1 Å². The van der Waals surface area contributed by atoms with Gasteiger partial charge < -0.3 is 15.0 Å². The number of thiazole rings is 1. The Bertz CT molecular complexity index is 562. The molecule has 2 aliphatic heterocycles. The predicted molar refractivity (Wildman–Crippen MR) is 119 cm³/mol. The lowest BCUT2D eigenvalue weighted by molar-refractivity contribution is 0.0195. The quantitative estimate of drug-likeness (QED) is 0.375. The van der Waals surface area contributed by atoms with Gasteiger partial charge in [0.15, 0.2) is 5.96 Å². The maximum atomic E-state index is 5.48. The number of morpholine rings is 1. The zero-order chi connectivity index (χ0) is 17.5. The summed E-state index contributed by atoms with van der Waals surface area (Å²) in [6, 6.07) is 0.637. The first kappa shape index (κ1) is 21.8. The van der Waals surface area contributed by atoms with Gasteiger partial charge in [-0.05, 0) is 19.8 Å². The van der Waals surface area contributed by atoms with Gasteiger partial charge in [0.05, 0.1) is 23.9 Å². The highest BCUT2D eigenvalue weighted by atomic mass is 127. The van der Waals surface area contributed by atoms with Gasteiger partial charge in [-0.15, -0.1) is 35.3 Å². The number of aromatic nitrogens is 1. The molecule has 6 nitrogen and oxygen atoms in total. The molecule has 0 aromatic carbocycles. The van der Waals surface area contributed by atoms with E-state index in [-0.39, 0.29) is 24.0 Å². The molecule has 0 bridgehead atoms. The highest BCUT2D eigenvalue weighted by Gasteiger charge is 2.30. The number of aliphatic imine (C=N–C) groups is 1. The Balaban J connectivity index is 0.00000243. The molecule has 1 aromatic heterocycles. The van der Waals surface area contributed by atoms with Crippen LogP contribution in [0.2, 0.25) is 0 Å². The maximum Gasteiger partial charge on any atom is 0.193 e. The second-order valence-electron chi connectivity index (χ2n) is 6.61. The number of guanidine groups is 1. The highest BCUT2D eigenvalue weighted by Crippen LogP contribution is 2.17. The Morgan fingerprint density at radius 1 is 1.35 bits per heavy atom. The van der Waals surface area contributed by atoms with E-state index in [1.807, 2.05) is 0 Å². The highest BCUT2D eigenvalue weighted by molar-refractivity contribution is 14.0. The molecule has 148 valence electrons. The van der Waals surface area contributed by atoms with E-state index in [4.69, 9.17) is 9.73 Å². The topological polar surface area (TPSA) is 53.0 Å². The first-order valence-corrected chi connectivity index (χ1v) is 10.5. The molecule has 0 saturated carbocycles. The molecule has 0 radical (unpaired) electrons. The van der Waals surface area contributed by atoms with Crippen molar-refractivity contribution < 1.29 is 4.74 Å². The van der Waals surface area contributed by atoms with E-state index >= 15 is 0 Å². The van der Waals surface area contributed by atoms with Crippen LogP contribution < -0.4 is 5.32 Å². The van der Waals surface area contributed by atoms with Crippen LogP contribution in [0.25, 0.3) is 0 Å². The van der Waals surface area contributed by atoms with Crippen LogP contribution in [0.5, 0.6) is 0 Å². The van der Waals surface area contributed by atoms with E-state index in [0.717, 1.165) is 71.3 Å². The van der Waals surface area contributed by atoms with Gasteiger partial charge in [0.1, 0.15) is 0 Å². The Morgan fingerprint density at radius 3 is 2.85 bits per heavy atom. The van der Waals surface area contributed by atoms with Crippen LogP contribution in [0.3, 0.4) is 0 Å². The first-order valence-electron chi connectivity index (χ1n) is 9.58. The van der Waals surface area contributed by atoms with E-state index in [1.54, 1.807) is 11.3 Å². The molecule has 2 saturated heterocycles. The standard InChI is InChI=1S/C18H31N5OS.HI/c1-3-17-21-15(14-25-17)5-7-20-18(19-4-2)23-8-6-16(13-23)22-9-11-24-12-10-22;/h14,16H,3-13H2,1-2H3,(H,19,20);1H. The summed E-state index contributed by atoms with van der Waals surface area (Å²) >= 11 is 1.76. The summed E-state index contributed by atoms with van der Waals surface area (Å²) in [6.07, 6.45) is 3.16. The fourth-order valence-electron chi connectivity index (χ4n) is 3.50. The third kappa shape index (κ3) is 6.03. The Morgan fingerprint density at radius 2 is 2.15 bits per heavy atom. The number of nitrogens with one attached hydrogen (secondary N) is 1. The molecule has 0 spiro atoms. The predicted octanol–water partition coefficient (Wildman–Crippen LogP) is 2.24. The van der Waals surface area contributed by atoms with Gasteiger partial charge in [-0.25, -0.2) is 4.98 Å². The number of halogens is 1. The number of hydrogen-bond acceptors (Lipinski definition) is 5. The molecule has 2 aliphatic rings. The average molecular weight is 493 g/mol. The summed E-state index contributed by atoms with van der Waals surface area (Å²) < 4.78 is 5.48. The van der Waals surface area contributed by atoms with Crippen LogP contribution in [0.4, 0.5) is 0 Å². The molecular weight excluding hydrogens is 461 g/mol. The second kappa shape index (κ2) is 11.4. The van der Waals surface area contributed by atoms with Crippen molar-refractivity contribution in [3.8, 4) is 0 Å². The summed E-state index contributed by atoms with van der Waals surface area (Å²) in [5.74, 6) is 1.06. The minimum Gasteiger partial charge on any atom is -0.379 e. The lowest BCUT2D eigenvalue weighted by atomic mass is 10.2.